The van der Waals surface area contributed by atoms with E-state index in [4.69, 9.17) is 9.05 Å². The molecule has 0 heterocycles. The van der Waals surface area contributed by atoms with Gasteiger partial charge in [0.05, 0.1) is 13.2 Å². The fourth-order valence-electron chi connectivity index (χ4n) is 1.86. The molecule has 1 atom stereocenters. The van der Waals surface area contributed by atoms with Gasteiger partial charge in [0.25, 0.3) is 0 Å². The third kappa shape index (κ3) is 12.2. The van der Waals surface area contributed by atoms with Gasteiger partial charge in [-0.15, -0.1) is 0 Å². The van der Waals surface area contributed by atoms with Crippen molar-refractivity contribution >= 4 is 7.60 Å². The zero-order chi connectivity index (χ0) is 17.7. The molecule has 0 saturated heterocycles. The van der Waals surface area contributed by atoms with E-state index in [1.807, 2.05) is 26.8 Å². The predicted octanol–water partition coefficient (Wildman–Crippen LogP) is 6.65. The van der Waals surface area contributed by atoms with Crippen LogP contribution < -0.4 is 0 Å². The molecular weight excluding hydrogens is 307 g/mol. The van der Waals surface area contributed by atoms with Crippen LogP contribution in [-0.2, 0) is 13.6 Å². The fourth-order valence-corrected chi connectivity index (χ4v) is 3.30. The Balaban J connectivity index is 4.51. The minimum absolute atomic E-state index is 0.172. The van der Waals surface area contributed by atoms with Gasteiger partial charge in [0.1, 0.15) is 0 Å². The summed E-state index contributed by atoms with van der Waals surface area (Å²) in [7, 11) is -3.09. The van der Waals surface area contributed by atoms with E-state index in [9.17, 15) is 4.57 Å². The lowest BCUT2D eigenvalue weighted by molar-refractivity contribution is 0.229. The van der Waals surface area contributed by atoms with E-state index >= 15 is 0 Å². The number of hydrogen-bond donors (Lipinski definition) is 0. The summed E-state index contributed by atoms with van der Waals surface area (Å²) in [5.74, 6) is 1.74. The van der Waals surface area contributed by atoms with Crippen molar-refractivity contribution in [1.29, 1.82) is 0 Å². The second kappa shape index (κ2) is 12.5. The molecule has 0 aliphatic heterocycles. The molecule has 23 heavy (non-hydrogen) atoms. The highest BCUT2D eigenvalue weighted by Gasteiger charge is 2.18. The van der Waals surface area contributed by atoms with Crippen LogP contribution in [0.3, 0.4) is 0 Å². The molecule has 0 aliphatic rings. The predicted molar refractivity (Wildman–Crippen MR) is 101 cm³/mol. The number of hydrogen-bond acceptors (Lipinski definition) is 3. The van der Waals surface area contributed by atoms with E-state index in [1.165, 1.54) is 11.1 Å². The third-order valence-electron chi connectivity index (χ3n) is 3.08. The third-order valence-corrected chi connectivity index (χ3v) is 4.85. The Bertz CT molecular complexity index is 473. The Morgan fingerprint density at radius 1 is 1.09 bits per heavy atom. The maximum absolute atomic E-state index is 12.3. The summed E-state index contributed by atoms with van der Waals surface area (Å²) in [5, 5.41) is 0. The van der Waals surface area contributed by atoms with E-state index in [2.05, 4.69) is 45.1 Å². The maximum Gasteiger partial charge on any atom is 0.353 e. The molecule has 0 spiro atoms. The lowest BCUT2D eigenvalue weighted by Gasteiger charge is -2.13. The molecule has 0 aromatic heterocycles. The topological polar surface area (TPSA) is 35.5 Å². The summed E-state index contributed by atoms with van der Waals surface area (Å²) in [6, 6.07) is 0. The van der Waals surface area contributed by atoms with E-state index < -0.39 is 7.60 Å². The highest BCUT2D eigenvalue weighted by atomic mass is 31.2. The van der Waals surface area contributed by atoms with Crippen LogP contribution in [-0.4, -0.2) is 13.2 Å². The first-order valence-corrected chi connectivity index (χ1v) is 9.99. The molecule has 0 aliphatic carbocycles. The van der Waals surface area contributed by atoms with Crippen LogP contribution in [0.25, 0.3) is 0 Å². The minimum Gasteiger partial charge on any atom is -0.306 e. The molecule has 1 unspecified atom stereocenters. The summed E-state index contributed by atoms with van der Waals surface area (Å²) < 4.78 is 22.8. The van der Waals surface area contributed by atoms with Gasteiger partial charge in [-0.2, -0.15) is 0 Å². The van der Waals surface area contributed by atoms with Crippen molar-refractivity contribution in [3.8, 4) is 0 Å². The highest BCUT2D eigenvalue weighted by Crippen LogP contribution is 2.49. The first-order valence-electron chi connectivity index (χ1n) is 8.38. The van der Waals surface area contributed by atoms with Crippen LogP contribution in [0, 0.1) is 5.92 Å². The Labute approximate surface area is 142 Å². The van der Waals surface area contributed by atoms with Crippen LogP contribution in [0.4, 0.5) is 0 Å². The number of rotatable bonds is 11. The summed E-state index contributed by atoms with van der Waals surface area (Å²) in [6.45, 7) is 12.8. The van der Waals surface area contributed by atoms with Crippen molar-refractivity contribution in [3.63, 3.8) is 0 Å². The smallest absolute Gasteiger partial charge is 0.306 e. The zero-order valence-electron chi connectivity index (χ0n) is 15.5. The van der Waals surface area contributed by atoms with Gasteiger partial charge >= 0.3 is 7.60 Å². The molecule has 0 aromatic carbocycles. The average molecular weight is 340 g/mol. The van der Waals surface area contributed by atoms with Gasteiger partial charge < -0.3 is 9.05 Å². The maximum atomic E-state index is 12.3. The monoisotopic (exact) mass is 340 g/mol. The first kappa shape index (κ1) is 22.1. The molecule has 132 valence electrons. The standard InChI is InChI=1S/C19H33O3P/c1-7-21-23(20,22-8-2)16-15-19(6)14-10-13-18(5)12-9-11-17(3)4/h10-11,13-16,19H,7-9,12H2,1-6H3. The van der Waals surface area contributed by atoms with E-state index in [1.54, 1.807) is 5.82 Å². The van der Waals surface area contributed by atoms with Crippen molar-refractivity contribution in [3.05, 3.63) is 47.3 Å². The molecule has 0 N–H and O–H groups in total. The Morgan fingerprint density at radius 3 is 2.22 bits per heavy atom. The molecule has 0 radical (unpaired) electrons. The summed E-state index contributed by atoms with van der Waals surface area (Å²) >= 11 is 0. The van der Waals surface area contributed by atoms with Gasteiger partial charge in [-0.1, -0.05) is 48.5 Å². The second-order valence-electron chi connectivity index (χ2n) is 5.79. The van der Waals surface area contributed by atoms with Crippen molar-refractivity contribution in [1.82, 2.24) is 0 Å². The lowest BCUT2D eigenvalue weighted by Crippen LogP contribution is -1.93. The van der Waals surface area contributed by atoms with Gasteiger partial charge in [-0.3, -0.25) is 4.57 Å². The van der Waals surface area contributed by atoms with Crippen molar-refractivity contribution in [2.45, 2.75) is 54.4 Å². The average Bonchev–Trinajstić information content (AvgIpc) is 2.45. The summed E-state index contributed by atoms with van der Waals surface area (Å²) in [4.78, 5) is 0. The minimum atomic E-state index is -3.09. The summed E-state index contributed by atoms with van der Waals surface area (Å²) in [6.07, 6.45) is 12.5. The van der Waals surface area contributed by atoms with Crippen molar-refractivity contribution < 1.29 is 13.6 Å². The van der Waals surface area contributed by atoms with Gasteiger partial charge in [0, 0.05) is 5.82 Å². The van der Waals surface area contributed by atoms with Gasteiger partial charge in [0.2, 0.25) is 0 Å². The largest absolute Gasteiger partial charge is 0.353 e. The second-order valence-corrected chi connectivity index (χ2v) is 7.69. The van der Waals surface area contributed by atoms with Crippen LogP contribution in [0.2, 0.25) is 0 Å². The normalized spacial score (nSPS) is 14.6. The van der Waals surface area contributed by atoms with Crippen LogP contribution in [0.1, 0.15) is 54.4 Å². The van der Waals surface area contributed by atoms with E-state index in [0.29, 0.717) is 13.2 Å². The van der Waals surface area contributed by atoms with Gasteiger partial charge in [-0.05, 0) is 53.4 Å². The number of allylic oxidation sites excluding steroid dienone is 7. The molecule has 0 aromatic rings. The van der Waals surface area contributed by atoms with E-state index in [0.717, 1.165) is 12.8 Å². The van der Waals surface area contributed by atoms with Crippen molar-refractivity contribution in [2.24, 2.45) is 5.92 Å². The quantitative estimate of drug-likeness (QED) is 0.240. The molecule has 0 bridgehead atoms. The Morgan fingerprint density at radius 2 is 1.70 bits per heavy atom. The fraction of sp³-hybridized carbons (Fsp3) is 0.579. The molecule has 4 heteroatoms. The Hall–Kier alpha value is -0.890. The van der Waals surface area contributed by atoms with Gasteiger partial charge in [0.15, 0.2) is 0 Å². The van der Waals surface area contributed by atoms with Crippen LogP contribution in [0.5, 0.6) is 0 Å². The highest BCUT2D eigenvalue weighted by molar-refractivity contribution is 7.57. The molecule has 0 rings (SSSR count). The van der Waals surface area contributed by atoms with Crippen molar-refractivity contribution in [2.75, 3.05) is 13.2 Å². The molecular formula is C19H33O3P. The molecule has 0 fully saturated rings. The lowest BCUT2D eigenvalue weighted by atomic mass is 10.1. The Kier molecular flexibility index (Phi) is 12.0. The zero-order valence-corrected chi connectivity index (χ0v) is 16.4. The summed E-state index contributed by atoms with van der Waals surface area (Å²) in [5.41, 5.74) is 2.71. The molecule has 0 amide bonds. The SMILES string of the molecule is CCOP(=O)(C=CC(C)C=CC=C(C)CCC=C(C)C)OCC. The first-order chi connectivity index (χ1) is 10.8. The van der Waals surface area contributed by atoms with Crippen LogP contribution >= 0.6 is 7.60 Å². The molecule has 3 nitrogen and oxygen atoms in total. The molecule has 0 saturated carbocycles. The van der Waals surface area contributed by atoms with Gasteiger partial charge in [-0.25, -0.2) is 0 Å². The van der Waals surface area contributed by atoms with Crippen LogP contribution in [0.15, 0.2) is 47.3 Å². The van der Waals surface area contributed by atoms with E-state index in [-0.39, 0.29) is 5.92 Å².